The van der Waals surface area contributed by atoms with Gasteiger partial charge in [-0.3, -0.25) is 14.4 Å². The molecule has 368 valence electrons. The molecule has 6 nitrogen and oxygen atoms in total. The summed E-state index contributed by atoms with van der Waals surface area (Å²) in [6, 6.07) is 0. The molecule has 0 saturated carbocycles. The van der Waals surface area contributed by atoms with Gasteiger partial charge in [0.05, 0.1) is 0 Å². The van der Waals surface area contributed by atoms with Crippen molar-refractivity contribution >= 4 is 17.9 Å². The summed E-state index contributed by atoms with van der Waals surface area (Å²) in [5, 5.41) is 0. The fourth-order valence-electron chi connectivity index (χ4n) is 8.49. The van der Waals surface area contributed by atoms with Gasteiger partial charge in [-0.05, 0) is 31.1 Å². The number of carbonyl (C=O) groups is 3. The third kappa shape index (κ3) is 47.9. The number of ether oxygens (including phenoxy) is 3. The zero-order chi connectivity index (χ0) is 45.4. The summed E-state index contributed by atoms with van der Waals surface area (Å²) in [6.07, 6.45) is 50.9. The maximum Gasteiger partial charge on any atom is 0.306 e. The van der Waals surface area contributed by atoms with Crippen molar-refractivity contribution < 1.29 is 28.6 Å². The highest BCUT2D eigenvalue weighted by atomic mass is 16.6. The second kappa shape index (κ2) is 48.9. The molecule has 0 aromatic carbocycles. The van der Waals surface area contributed by atoms with Crippen LogP contribution in [-0.2, 0) is 28.6 Å². The summed E-state index contributed by atoms with van der Waals surface area (Å²) < 4.78 is 16.8. The summed E-state index contributed by atoms with van der Waals surface area (Å²) in [7, 11) is 0. The van der Waals surface area contributed by atoms with Crippen LogP contribution in [0.2, 0.25) is 0 Å². The highest BCUT2D eigenvalue weighted by Gasteiger charge is 2.19. The SMILES string of the molecule is CCCCCCCCCCCCCCCCCCCCCC(=O)OC[C@H](COC(=O)CCCCCCCCCCC(C)CC)OC(=O)CCCCCCCCCCCCC(C)C. The van der Waals surface area contributed by atoms with Crippen LogP contribution < -0.4 is 0 Å². The molecule has 0 aromatic rings. The van der Waals surface area contributed by atoms with Gasteiger partial charge in [-0.2, -0.15) is 0 Å². The molecule has 0 aliphatic heterocycles. The molecule has 2 atom stereocenters. The van der Waals surface area contributed by atoms with Crippen molar-refractivity contribution in [2.24, 2.45) is 11.8 Å². The van der Waals surface area contributed by atoms with Gasteiger partial charge in [0.1, 0.15) is 13.2 Å². The Morgan fingerprint density at radius 2 is 0.613 bits per heavy atom. The van der Waals surface area contributed by atoms with Crippen LogP contribution in [0.25, 0.3) is 0 Å². The molecule has 0 N–H and O–H groups in total. The van der Waals surface area contributed by atoms with Crippen molar-refractivity contribution in [3.63, 3.8) is 0 Å². The fourth-order valence-corrected chi connectivity index (χ4v) is 8.49. The number of hydrogen-bond donors (Lipinski definition) is 0. The molecule has 6 heteroatoms. The predicted molar refractivity (Wildman–Crippen MR) is 266 cm³/mol. The number of rotatable bonds is 50. The number of carbonyl (C=O) groups excluding carboxylic acids is 3. The van der Waals surface area contributed by atoms with Gasteiger partial charge >= 0.3 is 17.9 Å². The second-order valence-electron chi connectivity index (χ2n) is 19.9. The summed E-state index contributed by atoms with van der Waals surface area (Å²) >= 11 is 0. The minimum absolute atomic E-state index is 0.0637. The molecule has 0 bridgehead atoms. The Hall–Kier alpha value is -1.59. The van der Waals surface area contributed by atoms with E-state index in [0.29, 0.717) is 19.3 Å². The van der Waals surface area contributed by atoms with Crippen molar-refractivity contribution in [3.8, 4) is 0 Å². The average Bonchev–Trinajstić information content (AvgIpc) is 3.26. The first-order valence-corrected chi connectivity index (χ1v) is 27.8. The van der Waals surface area contributed by atoms with E-state index in [0.717, 1.165) is 69.6 Å². The highest BCUT2D eigenvalue weighted by molar-refractivity contribution is 5.71. The Kier molecular flexibility index (Phi) is 47.6. The van der Waals surface area contributed by atoms with Crippen molar-refractivity contribution in [3.05, 3.63) is 0 Å². The van der Waals surface area contributed by atoms with Gasteiger partial charge in [-0.1, -0.05) is 272 Å². The van der Waals surface area contributed by atoms with Crippen LogP contribution in [-0.4, -0.2) is 37.2 Å². The van der Waals surface area contributed by atoms with Crippen molar-refractivity contribution in [1.82, 2.24) is 0 Å². The highest BCUT2D eigenvalue weighted by Crippen LogP contribution is 2.18. The van der Waals surface area contributed by atoms with Crippen LogP contribution in [0, 0.1) is 11.8 Å². The Morgan fingerprint density at radius 3 is 0.919 bits per heavy atom. The predicted octanol–water partition coefficient (Wildman–Crippen LogP) is 18.1. The van der Waals surface area contributed by atoms with Crippen LogP contribution >= 0.6 is 0 Å². The minimum Gasteiger partial charge on any atom is -0.462 e. The molecule has 0 saturated heterocycles. The quantitative estimate of drug-likeness (QED) is 0.0344. The van der Waals surface area contributed by atoms with Crippen LogP contribution in [0.3, 0.4) is 0 Å². The lowest BCUT2D eigenvalue weighted by molar-refractivity contribution is -0.167. The maximum atomic E-state index is 12.8. The van der Waals surface area contributed by atoms with Gasteiger partial charge in [-0.15, -0.1) is 0 Å². The van der Waals surface area contributed by atoms with Crippen molar-refractivity contribution in [2.75, 3.05) is 13.2 Å². The Morgan fingerprint density at radius 1 is 0.339 bits per heavy atom. The number of unbranched alkanes of at least 4 members (excludes halogenated alkanes) is 34. The van der Waals surface area contributed by atoms with Crippen LogP contribution in [0.15, 0.2) is 0 Å². The van der Waals surface area contributed by atoms with Crippen molar-refractivity contribution in [2.45, 2.75) is 317 Å². The summed E-state index contributed by atoms with van der Waals surface area (Å²) in [6.45, 7) is 11.4. The molecule has 0 aliphatic carbocycles. The van der Waals surface area contributed by atoms with E-state index in [-0.39, 0.29) is 31.1 Å². The van der Waals surface area contributed by atoms with E-state index in [1.807, 2.05) is 0 Å². The van der Waals surface area contributed by atoms with E-state index in [1.165, 1.54) is 199 Å². The first-order chi connectivity index (χ1) is 30.3. The molecule has 0 rings (SSSR count). The van der Waals surface area contributed by atoms with E-state index in [9.17, 15) is 14.4 Å². The zero-order valence-electron chi connectivity index (χ0n) is 42.5. The van der Waals surface area contributed by atoms with E-state index in [2.05, 4.69) is 34.6 Å². The molecule has 0 radical (unpaired) electrons. The normalized spacial score (nSPS) is 12.5. The molecule has 0 amide bonds. The van der Waals surface area contributed by atoms with Crippen LogP contribution in [0.1, 0.15) is 311 Å². The fraction of sp³-hybridized carbons (Fsp3) is 0.946. The van der Waals surface area contributed by atoms with Crippen LogP contribution in [0.5, 0.6) is 0 Å². The van der Waals surface area contributed by atoms with Gasteiger partial charge in [-0.25, -0.2) is 0 Å². The third-order valence-corrected chi connectivity index (χ3v) is 13.1. The Bertz CT molecular complexity index is 949. The average molecular weight is 877 g/mol. The maximum absolute atomic E-state index is 12.8. The van der Waals surface area contributed by atoms with E-state index in [1.54, 1.807) is 0 Å². The monoisotopic (exact) mass is 877 g/mol. The van der Waals surface area contributed by atoms with E-state index in [4.69, 9.17) is 14.2 Å². The van der Waals surface area contributed by atoms with Gasteiger partial charge < -0.3 is 14.2 Å². The third-order valence-electron chi connectivity index (χ3n) is 13.1. The Balaban J connectivity index is 4.26. The van der Waals surface area contributed by atoms with Gasteiger partial charge in [0, 0.05) is 19.3 Å². The topological polar surface area (TPSA) is 78.9 Å². The standard InChI is InChI=1S/C56H108O6/c1-6-8-9-10-11-12-13-14-15-16-17-18-19-20-21-25-31-36-41-46-54(57)60-49-53(50-61-55(58)47-42-37-32-28-27-30-35-40-45-52(5)7-2)62-56(59)48-43-38-33-26-23-22-24-29-34-39-44-51(3)4/h51-53H,6-50H2,1-5H3/t52?,53-/m1/s1. The molecule has 62 heavy (non-hydrogen) atoms. The van der Waals surface area contributed by atoms with Gasteiger partial charge in [0.25, 0.3) is 0 Å². The zero-order valence-corrected chi connectivity index (χ0v) is 42.5. The van der Waals surface area contributed by atoms with E-state index >= 15 is 0 Å². The minimum atomic E-state index is -0.763. The van der Waals surface area contributed by atoms with Crippen molar-refractivity contribution in [1.29, 1.82) is 0 Å². The second-order valence-corrected chi connectivity index (χ2v) is 19.9. The molecule has 1 unspecified atom stereocenters. The molecule has 0 heterocycles. The Labute approximate surface area is 387 Å². The lowest BCUT2D eigenvalue weighted by atomic mass is 9.99. The lowest BCUT2D eigenvalue weighted by Gasteiger charge is -2.18. The largest absolute Gasteiger partial charge is 0.462 e. The molecular formula is C56H108O6. The number of hydrogen-bond acceptors (Lipinski definition) is 6. The molecule has 0 aromatic heterocycles. The summed E-state index contributed by atoms with van der Waals surface area (Å²) in [5.41, 5.74) is 0. The van der Waals surface area contributed by atoms with Gasteiger partial charge in [0.15, 0.2) is 6.10 Å². The molecule has 0 spiro atoms. The number of esters is 3. The molecule has 0 aliphatic rings. The molecule has 0 fully saturated rings. The first kappa shape index (κ1) is 60.4. The summed E-state index contributed by atoms with van der Waals surface area (Å²) in [4.78, 5) is 38.0. The molecular weight excluding hydrogens is 769 g/mol. The summed E-state index contributed by atoms with van der Waals surface area (Å²) in [5.74, 6) is 0.818. The smallest absolute Gasteiger partial charge is 0.306 e. The van der Waals surface area contributed by atoms with Gasteiger partial charge in [0.2, 0.25) is 0 Å². The lowest BCUT2D eigenvalue weighted by Crippen LogP contribution is -2.30. The van der Waals surface area contributed by atoms with Crippen LogP contribution in [0.4, 0.5) is 0 Å². The first-order valence-electron chi connectivity index (χ1n) is 27.8. The van der Waals surface area contributed by atoms with E-state index < -0.39 is 6.10 Å².